The van der Waals surface area contributed by atoms with Gasteiger partial charge in [-0.25, -0.2) is 0 Å². The van der Waals surface area contributed by atoms with E-state index in [1.807, 2.05) is 6.92 Å². The summed E-state index contributed by atoms with van der Waals surface area (Å²) in [5.74, 6) is 0. The number of carboxylic acid groups (broad SMARTS) is 1. The summed E-state index contributed by atoms with van der Waals surface area (Å²) in [4.78, 5) is 13.3. The number of benzene rings is 2. The van der Waals surface area contributed by atoms with Crippen LogP contribution in [0.1, 0.15) is 31.9 Å². The van der Waals surface area contributed by atoms with Crippen LogP contribution in [0.2, 0.25) is 5.02 Å². The Labute approximate surface area is 190 Å². The number of nitrogens with zero attached hydrogens (tertiary/aromatic N) is 2. The van der Waals surface area contributed by atoms with Crippen molar-refractivity contribution in [3.63, 3.8) is 0 Å². The van der Waals surface area contributed by atoms with Crippen molar-refractivity contribution in [1.82, 2.24) is 0 Å². The third kappa shape index (κ3) is 7.84. The molecule has 3 rings (SSSR count). The molecular formula is C23H32ClN3O2S. The molecule has 1 aliphatic heterocycles. The van der Waals surface area contributed by atoms with Crippen LogP contribution in [0.25, 0.3) is 0 Å². The normalized spacial score (nSPS) is 13.4. The molecule has 2 aromatic carbocycles. The zero-order valence-electron chi connectivity index (χ0n) is 18.1. The van der Waals surface area contributed by atoms with E-state index in [1.165, 1.54) is 16.9 Å². The largest absolute Gasteiger partial charge is 0.483 e. The van der Waals surface area contributed by atoms with Gasteiger partial charge in [0.2, 0.25) is 0 Å². The van der Waals surface area contributed by atoms with Crippen molar-refractivity contribution in [3.8, 4) is 0 Å². The fourth-order valence-electron chi connectivity index (χ4n) is 3.17. The summed E-state index contributed by atoms with van der Waals surface area (Å²) >= 11 is 10.3. The number of aryl methyl sites for hydroxylation is 1. The van der Waals surface area contributed by atoms with Crippen molar-refractivity contribution in [1.29, 1.82) is 0 Å². The molecule has 1 heterocycles. The van der Waals surface area contributed by atoms with Crippen LogP contribution in [0.3, 0.4) is 0 Å². The third-order valence-electron chi connectivity index (χ3n) is 4.90. The highest BCUT2D eigenvalue weighted by Gasteiger charge is 2.19. The summed E-state index contributed by atoms with van der Waals surface area (Å²) in [6.45, 7) is 12.7. The monoisotopic (exact) mass is 449 g/mol. The highest BCUT2D eigenvalue weighted by molar-refractivity contribution is 7.78. The molecule has 0 saturated carbocycles. The molecule has 3 N–H and O–H groups in total. The standard InChI is InChI=1S/C21H27ClN2.CH3NS.CH2O2/c1-16-5-8-19(15-20(16)22)24-13-11-23(12-14-24)18-9-6-17(7-10-18)21(2,3)4;2*2-1-3/h5-10,15H,11-14H2,1-4H3;1H,(H2,2,3);1H,(H,2,3). The summed E-state index contributed by atoms with van der Waals surface area (Å²) < 4.78 is 0. The van der Waals surface area contributed by atoms with Crippen molar-refractivity contribution < 1.29 is 9.90 Å². The molecule has 0 aromatic heterocycles. The Bertz CT molecular complexity index is 793. The summed E-state index contributed by atoms with van der Waals surface area (Å²) in [7, 11) is 0. The Balaban J connectivity index is 0.000000672. The smallest absolute Gasteiger partial charge is 0.290 e. The molecule has 2 aromatic rings. The molecule has 0 aliphatic carbocycles. The van der Waals surface area contributed by atoms with Crippen molar-refractivity contribution in [2.75, 3.05) is 36.0 Å². The minimum absolute atomic E-state index is 0.210. The lowest BCUT2D eigenvalue weighted by Gasteiger charge is -2.37. The van der Waals surface area contributed by atoms with Crippen LogP contribution < -0.4 is 15.5 Å². The van der Waals surface area contributed by atoms with Gasteiger partial charge in [-0.05, 0) is 47.7 Å². The fraction of sp³-hybridized carbons (Fsp3) is 0.391. The fourth-order valence-corrected chi connectivity index (χ4v) is 3.35. The number of rotatable bonds is 2. The van der Waals surface area contributed by atoms with Crippen LogP contribution in [0, 0.1) is 6.92 Å². The molecule has 1 saturated heterocycles. The second-order valence-electron chi connectivity index (χ2n) is 7.95. The van der Waals surface area contributed by atoms with Crippen LogP contribution in [-0.4, -0.2) is 43.2 Å². The molecule has 0 amide bonds. The Kier molecular flexibility index (Phi) is 10.6. The summed E-state index contributed by atoms with van der Waals surface area (Å²) in [6.07, 6.45) is 0. The summed E-state index contributed by atoms with van der Waals surface area (Å²) in [5, 5.41) is 7.74. The molecule has 30 heavy (non-hydrogen) atoms. The van der Waals surface area contributed by atoms with Crippen LogP contribution >= 0.6 is 23.8 Å². The summed E-state index contributed by atoms with van der Waals surface area (Å²) in [6, 6.07) is 15.4. The minimum Gasteiger partial charge on any atom is -0.483 e. The van der Waals surface area contributed by atoms with Gasteiger partial charge < -0.3 is 20.6 Å². The first-order valence-corrected chi connectivity index (χ1v) is 10.6. The van der Waals surface area contributed by atoms with Crippen LogP contribution in [0.15, 0.2) is 42.5 Å². The van der Waals surface area contributed by atoms with Crippen LogP contribution in [0.5, 0.6) is 0 Å². The number of hydrogen-bond acceptors (Lipinski definition) is 4. The Morgan fingerprint density at radius 3 is 1.80 bits per heavy atom. The van der Waals surface area contributed by atoms with Crippen molar-refractivity contribution >= 4 is 47.2 Å². The molecule has 0 bridgehead atoms. The van der Waals surface area contributed by atoms with E-state index in [0.717, 1.165) is 42.3 Å². The lowest BCUT2D eigenvalue weighted by Crippen LogP contribution is -2.46. The average Bonchev–Trinajstić information content (AvgIpc) is 2.71. The maximum Gasteiger partial charge on any atom is 0.290 e. The zero-order chi connectivity index (χ0) is 22.7. The number of carbonyl (C=O) groups is 1. The lowest BCUT2D eigenvalue weighted by atomic mass is 9.87. The van der Waals surface area contributed by atoms with Crippen molar-refractivity contribution in [2.45, 2.75) is 33.1 Å². The zero-order valence-corrected chi connectivity index (χ0v) is 19.7. The number of thiocarbonyl (C=S) groups is 1. The first-order valence-electron chi connectivity index (χ1n) is 9.77. The van der Waals surface area contributed by atoms with Crippen molar-refractivity contribution in [3.05, 3.63) is 58.6 Å². The van der Waals surface area contributed by atoms with E-state index in [9.17, 15) is 0 Å². The maximum absolute atomic E-state index is 8.36. The van der Waals surface area contributed by atoms with E-state index >= 15 is 0 Å². The first-order chi connectivity index (χ1) is 14.2. The molecule has 1 fully saturated rings. The highest BCUT2D eigenvalue weighted by atomic mass is 35.5. The number of nitrogens with two attached hydrogens (primary N) is 1. The van der Waals surface area contributed by atoms with E-state index < -0.39 is 0 Å². The minimum atomic E-state index is -0.250. The Morgan fingerprint density at radius 2 is 1.40 bits per heavy atom. The number of anilines is 2. The molecule has 164 valence electrons. The van der Waals surface area contributed by atoms with Gasteiger partial charge in [-0.3, -0.25) is 4.79 Å². The van der Waals surface area contributed by atoms with Gasteiger partial charge in [0.15, 0.2) is 0 Å². The average molecular weight is 450 g/mol. The third-order valence-corrected chi connectivity index (χ3v) is 5.31. The maximum atomic E-state index is 8.36. The van der Waals surface area contributed by atoms with Crippen LogP contribution in [-0.2, 0) is 10.2 Å². The van der Waals surface area contributed by atoms with Gasteiger partial charge >= 0.3 is 0 Å². The van der Waals surface area contributed by atoms with E-state index in [-0.39, 0.29) is 11.9 Å². The van der Waals surface area contributed by atoms with Crippen molar-refractivity contribution in [2.24, 2.45) is 5.73 Å². The van der Waals surface area contributed by atoms with E-state index in [4.69, 9.17) is 21.5 Å². The lowest BCUT2D eigenvalue weighted by molar-refractivity contribution is -0.122. The van der Waals surface area contributed by atoms with Gasteiger partial charge in [-0.2, -0.15) is 0 Å². The predicted molar refractivity (Wildman–Crippen MR) is 132 cm³/mol. The SMILES string of the molecule is Cc1ccc(N2CCN(c3ccc(C(C)(C)C)cc3)CC2)cc1Cl.NC=S.O=CO. The van der Waals surface area contributed by atoms with Gasteiger partial charge in [0, 0.05) is 42.6 Å². The van der Waals surface area contributed by atoms with Gasteiger partial charge in [0.1, 0.15) is 0 Å². The predicted octanol–water partition coefficient (Wildman–Crippen LogP) is 4.88. The van der Waals surface area contributed by atoms with E-state index in [1.54, 1.807) is 0 Å². The second-order valence-corrected chi connectivity index (χ2v) is 8.63. The number of hydrogen-bond donors (Lipinski definition) is 2. The molecule has 0 unspecified atom stereocenters. The Hall–Kier alpha value is -2.31. The molecule has 7 heteroatoms. The molecule has 0 radical (unpaired) electrons. The Morgan fingerprint density at radius 1 is 1.00 bits per heavy atom. The number of piperazine rings is 1. The molecular weight excluding hydrogens is 418 g/mol. The van der Waals surface area contributed by atoms with Gasteiger partial charge in [-0.1, -0.05) is 62.8 Å². The van der Waals surface area contributed by atoms with Gasteiger partial charge in [0.25, 0.3) is 6.47 Å². The molecule has 0 atom stereocenters. The topological polar surface area (TPSA) is 69.8 Å². The molecule has 0 spiro atoms. The van der Waals surface area contributed by atoms with E-state index in [2.05, 4.69) is 91.0 Å². The van der Waals surface area contributed by atoms with Gasteiger partial charge in [0.05, 0.1) is 5.49 Å². The molecule has 1 aliphatic rings. The molecule has 5 nitrogen and oxygen atoms in total. The van der Waals surface area contributed by atoms with Crippen LogP contribution in [0.4, 0.5) is 11.4 Å². The van der Waals surface area contributed by atoms with Gasteiger partial charge in [-0.15, -0.1) is 0 Å². The first kappa shape index (κ1) is 25.7. The highest BCUT2D eigenvalue weighted by Crippen LogP contribution is 2.27. The summed E-state index contributed by atoms with van der Waals surface area (Å²) in [5.41, 5.74) is 10.9. The quantitative estimate of drug-likeness (QED) is 0.503. The number of halogens is 1. The van der Waals surface area contributed by atoms with E-state index in [0.29, 0.717) is 0 Å². The second kappa shape index (κ2) is 12.4.